The molecule has 2 atom stereocenters. The van der Waals surface area contributed by atoms with Crippen LogP contribution in [0.3, 0.4) is 0 Å². The van der Waals surface area contributed by atoms with Crippen LogP contribution in [-0.4, -0.2) is 39.6 Å². The van der Waals surface area contributed by atoms with Crippen molar-refractivity contribution in [1.82, 2.24) is 14.3 Å². The third-order valence-electron chi connectivity index (χ3n) is 3.46. The maximum atomic E-state index is 11.9. The monoisotopic (exact) mass is 279 g/mol. The van der Waals surface area contributed by atoms with Crippen LogP contribution in [0.4, 0.5) is 0 Å². The molecule has 1 aliphatic rings. The molecule has 5 nitrogen and oxygen atoms in total. The van der Waals surface area contributed by atoms with Crippen molar-refractivity contribution in [3.63, 3.8) is 0 Å². The predicted octanol–water partition coefficient (Wildman–Crippen LogP) is 1.37. The third kappa shape index (κ3) is 2.56. The zero-order valence-corrected chi connectivity index (χ0v) is 11.9. The zero-order valence-electron chi connectivity index (χ0n) is 11.1. The van der Waals surface area contributed by atoms with Crippen molar-refractivity contribution in [1.29, 1.82) is 0 Å². The minimum absolute atomic E-state index is 0.00443. The van der Waals surface area contributed by atoms with Gasteiger partial charge in [-0.1, -0.05) is 0 Å². The van der Waals surface area contributed by atoms with E-state index in [1.807, 2.05) is 5.38 Å². The van der Waals surface area contributed by atoms with Gasteiger partial charge >= 0.3 is 0 Å². The summed E-state index contributed by atoms with van der Waals surface area (Å²) in [5, 5.41) is 1.88. The fraction of sp³-hybridized carbons (Fsp3) is 0.538. The summed E-state index contributed by atoms with van der Waals surface area (Å²) in [4.78, 5) is 19.6. The van der Waals surface area contributed by atoms with E-state index in [-0.39, 0.29) is 11.7 Å². The number of rotatable bonds is 2. The molecule has 0 spiro atoms. The quantitative estimate of drug-likeness (QED) is 0.833. The molecule has 3 heterocycles. The number of ether oxygens (including phenoxy) is 1. The second kappa shape index (κ2) is 5.03. The molecule has 0 saturated carbocycles. The summed E-state index contributed by atoms with van der Waals surface area (Å²) in [7, 11) is 0. The van der Waals surface area contributed by atoms with E-state index in [0.29, 0.717) is 12.6 Å². The Balaban J connectivity index is 1.86. The highest BCUT2D eigenvalue weighted by molar-refractivity contribution is 7.15. The molecule has 0 bridgehead atoms. The lowest BCUT2D eigenvalue weighted by atomic mass is 10.2. The summed E-state index contributed by atoms with van der Waals surface area (Å²) >= 11 is 1.49. The molecule has 2 aromatic rings. The van der Waals surface area contributed by atoms with Gasteiger partial charge in [-0.2, -0.15) is 0 Å². The van der Waals surface area contributed by atoms with Crippen molar-refractivity contribution in [2.45, 2.75) is 32.5 Å². The summed E-state index contributed by atoms with van der Waals surface area (Å²) < 4.78 is 7.20. The molecular weight excluding hydrogens is 262 g/mol. The van der Waals surface area contributed by atoms with Gasteiger partial charge in [0.25, 0.3) is 5.56 Å². The Bertz CT molecular complexity index is 636. The van der Waals surface area contributed by atoms with E-state index >= 15 is 0 Å². The summed E-state index contributed by atoms with van der Waals surface area (Å²) in [6.07, 6.45) is 2.00. The van der Waals surface area contributed by atoms with Crippen molar-refractivity contribution in [3.05, 3.63) is 33.7 Å². The Labute approximate surface area is 115 Å². The third-order valence-corrected chi connectivity index (χ3v) is 4.21. The molecule has 0 aromatic carbocycles. The van der Waals surface area contributed by atoms with Gasteiger partial charge in [-0.15, -0.1) is 11.3 Å². The number of thiazole rings is 1. The molecule has 0 aliphatic carbocycles. The van der Waals surface area contributed by atoms with E-state index in [9.17, 15) is 4.79 Å². The second-order valence-corrected chi connectivity index (χ2v) is 5.94. The van der Waals surface area contributed by atoms with Gasteiger partial charge in [-0.3, -0.25) is 14.1 Å². The topological polar surface area (TPSA) is 46.8 Å². The van der Waals surface area contributed by atoms with Crippen LogP contribution in [0.15, 0.2) is 22.4 Å². The van der Waals surface area contributed by atoms with E-state index < -0.39 is 0 Å². The highest BCUT2D eigenvalue weighted by atomic mass is 32.1. The largest absolute Gasteiger partial charge is 0.376 e. The van der Waals surface area contributed by atoms with E-state index in [2.05, 4.69) is 23.7 Å². The van der Waals surface area contributed by atoms with E-state index in [1.54, 1.807) is 16.7 Å². The molecule has 0 unspecified atom stereocenters. The first-order chi connectivity index (χ1) is 9.13. The number of fused-ring (bicyclic) bond motifs is 1. The standard InChI is InChI=1S/C13H17N3O2S/c1-9-8-18-10(2)6-15(9)7-11-5-12(17)16-3-4-19-13(16)14-11/h3-5,9-10H,6-8H2,1-2H3/t9-,10+/m1/s1. The minimum atomic E-state index is -0.00443. The van der Waals surface area contributed by atoms with Crippen molar-refractivity contribution in [2.75, 3.05) is 13.2 Å². The molecule has 1 aliphatic heterocycles. The Kier molecular flexibility index (Phi) is 3.38. The molecule has 102 valence electrons. The van der Waals surface area contributed by atoms with Crippen LogP contribution in [0.25, 0.3) is 4.96 Å². The lowest BCUT2D eigenvalue weighted by Crippen LogP contribution is -2.46. The van der Waals surface area contributed by atoms with Crippen LogP contribution in [0.2, 0.25) is 0 Å². The van der Waals surface area contributed by atoms with Gasteiger partial charge in [0.2, 0.25) is 0 Å². The Morgan fingerprint density at radius 3 is 3.21 bits per heavy atom. The molecule has 3 rings (SSSR count). The zero-order chi connectivity index (χ0) is 13.4. The summed E-state index contributed by atoms with van der Waals surface area (Å²) in [6, 6.07) is 1.99. The number of morpholine rings is 1. The molecule has 0 N–H and O–H groups in total. The predicted molar refractivity (Wildman–Crippen MR) is 74.6 cm³/mol. The van der Waals surface area contributed by atoms with E-state index in [0.717, 1.165) is 23.8 Å². The van der Waals surface area contributed by atoms with Gasteiger partial charge in [-0.25, -0.2) is 4.98 Å². The molecule has 2 aromatic heterocycles. The lowest BCUT2D eigenvalue weighted by molar-refractivity contribution is -0.0530. The van der Waals surface area contributed by atoms with Crippen LogP contribution in [0.1, 0.15) is 19.5 Å². The summed E-state index contributed by atoms with van der Waals surface area (Å²) in [5.74, 6) is 0. The van der Waals surface area contributed by atoms with Crippen LogP contribution in [0.5, 0.6) is 0 Å². The van der Waals surface area contributed by atoms with Gasteiger partial charge in [0.15, 0.2) is 4.96 Å². The first kappa shape index (κ1) is 12.8. The Hall–Kier alpha value is -1.24. The number of hydrogen-bond acceptors (Lipinski definition) is 5. The highest BCUT2D eigenvalue weighted by Crippen LogP contribution is 2.15. The molecule has 19 heavy (non-hydrogen) atoms. The van der Waals surface area contributed by atoms with Crippen molar-refractivity contribution in [3.8, 4) is 0 Å². The highest BCUT2D eigenvalue weighted by Gasteiger charge is 2.23. The Morgan fingerprint density at radius 2 is 2.37 bits per heavy atom. The average molecular weight is 279 g/mol. The summed E-state index contributed by atoms with van der Waals surface area (Å²) in [6.45, 7) is 6.54. The van der Waals surface area contributed by atoms with Crippen LogP contribution >= 0.6 is 11.3 Å². The van der Waals surface area contributed by atoms with Gasteiger partial charge in [0.05, 0.1) is 18.4 Å². The van der Waals surface area contributed by atoms with Crippen molar-refractivity contribution < 1.29 is 4.74 Å². The average Bonchev–Trinajstić information content (AvgIpc) is 2.82. The van der Waals surface area contributed by atoms with Crippen LogP contribution in [-0.2, 0) is 11.3 Å². The fourth-order valence-corrected chi connectivity index (χ4v) is 3.11. The molecular formula is C13H17N3O2S. The lowest BCUT2D eigenvalue weighted by Gasteiger charge is -2.36. The number of aromatic nitrogens is 2. The first-order valence-corrected chi connectivity index (χ1v) is 7.33. The van der Waals surface area contributed by atoms with Gasteiger partial charge in [0, 0.05) is 36.8 Å². The van der Waals surface area contributed by atoms with Gasteiger partial charge < -0.3 is 4.74 Å². The maximum absolute atomic E-state index is 11.9. The smallest absolute Gasteiger partial charge is 0.258 e. The fourth-order valence-electron chi connectivity index (χ4n) is 2.37. The van der Waals surface area contributed by atoms with Gasteiger partial charge in [-0.05, 0) is 13.8 Å². The van der Waals surface area contributed by atoms with E-state index in [1.165, 1.54) is 11.3 Å². The maximum Gasteiger partial charge on any atom is 0.258 e. The summed E-state index contributed by atoms with van der Waals surface area (Å²) in [5.41, 5.74) is 0.837. The Morgan fingerprint density at radius 1 is 1.53 bits per heavy atom. The SMILES string of the molecule is C[C@@H]1CO[C@@H](C)CN1Cc1cc(=O)n2ccsc2n1. The normalized spacial score (nSPS) is 24.9. The van der Waals surface area contributed by atoms with Crippen molar-refractivity contribution >= 4 is 16.3 Å². The van der Waals surface area contributed by atoms with Crippen molar-refractivity contribution in [2.24, 2.45) is 0 Å². The molecule has 1 saturated heterocycles. The van der Waals surface area contributed by atoms with Crippen LogP contribution in [0, 0.1) is 0 Å². The van der Waals surface area contributed by atoms with Gasteiger partial charge in [0.1, 0.15) is 0 Å². The molecule has 6 heteroatoms. The second-order valence-electron chi connectivity index (χ2n) is 5.06. The minimum Gasteiger partial charge on any atom is -0.376 e. The molecule has 1 fully saturated rings. The van der Waals surface area contributed by atoms with E-state index in [4.69, 9.17) is 4.74 Å². The number of hydrogen-bond donors (Lipinski definition) is 0. The molecule has 0 radical (unpaired) electrons. The first-order valence-electron chi connectivity index (χ1n) is 6.45. The van der Waals surface area contributed by atoms with Crippen LogP contribution < -0.4 is 5.56 Å². The number of nitrogens with zero attached hydrogens (tertiary/aromatic N) is 3. The molecule has 0 amide bonds.